The number of hydrogen-bond acceptors (Lipinski definition) is 6. The van der Waals surface area contributed by atoms with Crippen LogP contribution in [0.2, 0.25) is 0 Å². The van der Waals surface area contributed by atoms with Crippen LogP contribution in [0, 0.1) is 5.82 Å². The fourth-order valence-electron chi connectivity index (χ4n) is 3.16. The lowest BCUT2D eigenvalue weighted by molar-refractivity contribution is -0.116. The van der Waals surface area contributed by atoms with Crippen molar-refractivity contribution in [2.45, 2.75) is 25.7 Å². The Kier molecular flexibility index (Phi) is 10.7. The summed E-state index contributed by atoms with van der Waals surface area (Å²) in [6.45, 7) is 9.93. The number of hydrogen-bond donors (Lipinski definition) is 0. The number of thioether (sulfide) groups is 1. The maximum atomic E-state index is 13.2. The highest BCUT2D eigenvalue weighted by Crippen LogP contribution is 2.34. The summed E-state index contributed by atoms with van der Waals surface area (Å²) in [6.07, 6.45) is 0. The van der Waals surface area contributed by atoms with Gasteiger partial charge in [0.25, 0.3) is 0 Å². The number of amides is 1. The number of halogens is 2. The van der Waals surface area contributed by atoms with Crippen LogP contribution in [0.1, 0.15) is 20.8 Å². The van der Waals surface area contributed by atoms with Crippen molar-refractivity contribution in [1.29, 1.82) is 0 Å². The molecule has 0 spiro atoms. The Balaban J connectivity index is 0.00000363. The van der Waals surface area contributed by atoms with Crippen LogP contribution in [0.3, 0.4) is 0 Å². The van der Waals surface area contributed by atoms with Crippen molar-refractivity contribution < 1.29 is 13.9 Å². The van der Waals surface area contributed by atoms with Gasteiger partial charge in [0.15, 0.2) is 5.13 Å². The van der Waals surface area contributed by atoms with Crippen molar-refractivity contribution in [3.8, 4) is 5.75 Å². The van der Waals surface area contributed by atoms with E-state index < -0.39 is 0 Å². The van der Waals surface area contributed by atoms with Gasteiger partial charge in [0.2, 0.25) is 5.91 Å². The van der Waals surface area contributed by atoms with E-state index in [1.54, 1.807) is 17.0 Å². The number of aromatic nitrogens is 1. The first-order valence-corrected chi connectivity index (χ1v) is 12.3. The molecule has 0 aliphatic rings. The average molecular weight is 498 g/mol. The summed E-state index contributed by atoms with van der Waals surface area (Å²) >= 11 is 2.91. The Morgan fingerprint density at radius 2 is 1.81 bits per heavy atom. The SMILES string of the molecule is CCOc1cccc2sc(N(CCN(CC)CC)C(=O)CSc3ccc(F)cc3)nc12.Cl. The molecule has 174 valence electrons. The lowest BCUT2D eigenvalue weighted by Gasteiger charge is -2.24. The second-order valence-corrected chi connectivity index (χ2v) is 8.91. The Bertz CT molecular complexity index is 997. The zero-order valence-electron chi connectivity index (χ0n) is 18.5. The van der Waals surface area contributed by atoms with Crippen molar-refractivity contribution in [1.82, 2.24) is 9.88 Å². The predicted octanol–water partition coefficient (Wildman–Crippen LogP) is 5.72. The third-order valence-corrected chi connectivity index (χ3v) is 6.95. The first-order chi connectivity index (χ1) is 15.0. The highest BCUT2D eigenvalue weighted by molar-refractivity contribution is 8.00. The van der Waals surface area contributed by atoms with E-state index in [1.165, 1.54) is 35.2 Å². The zero-order chi connectivity index (χ0) is 22.2. The van der Waals surface area contributed by atoms with E-state index in [1.807, 2.05) is 25.1 Å². The summed E-state index contributed by atoms with van der Waals surface area (Å²) in [5.74, 6) is 0.701. The van der Waals surface area contributed by atoms with Crippen molar-refractivity contribution in [2.75, 3.05) is 43.4 Å². The van der Waals surface area contributed by atoms with Crippen LogP contribution in [-0.4, -0.2) is 54.3 Å². The van der Waals surface area contributed by atoms with E-state index in [0.29, 0.717) is 18.3 Å². The topological polar surface area (TPSA) is 45.7 Å². The third kappa shape index (κ3) is 6.81. The molecule has 1 heterocycles. The highest BCUT2D eigenvalue weighted by atomic mass is 35.5. The summed E-state index contributed by atoms with van der Waals surface area (Å²) in [7, 11) is 0. The van der Waals surface area contributed by atoms with E-state index >= 15 is 0 Å². The maximum Gasteiger partial charge on any atom is 0.239 e. The van der Waals surface area contributed by atoms with Crippen molar-refractivity contribution in [3.05, 3.63) is 48.3 Å². The monoisotopic (exact) mass is 497 g/mol. The van der Waals surface area contributed by atoms with Crippen LogP contribution in [0.5, 0.6) is 5.75 Å². The van der Waals surface area contributed by atoms with Gasteiger partial charge in [0.05, 0.1) is 17.1 Å². The molecule has 0 saturated heterocycles. The minimum Gasteiger partial charge on any atom is -0.492 e. The predicted molar refractivity (Wildman–Crippen MR) is 135 cm³/mol. The van der Waals surface area contributed by atoms with Gasteiger partial charge in [-0.05, 0) is 56.4 Å². The van der Waals surface area contributed by atoms with Gasteiger partial charge in [0.1, 0.15) is 17.1 Å². The van der Waals surface area contributed by atoms with Gasteiger partial charge in [-0.25, -0.2) is 9.37 Å². The molecule has 32 heavy (non-hydrogen) atoms. The molecule has 9 heteroatoms. The fraction of sp³-hybridized carbons (Fsp3) is 0.391. The largest absolute Gasteiger partial charge is 0.492 e. The summed E-state index contributed by atoms with van der Waals surface area (Å²) in [5, 5.41) is 0.680. The molecule has 3 aromatic rings. The molecule has 0 fully saturated rings. The smallest absolute Gasteiger partial charge is 0.239 e. The number of benzene rings is 2. The Labute approximate surface area is 203 Å². The molecule has 1 aromatic heterocycles. The molecule has 0 unspecified atom stereocenters. The number of carbonyl (C=O) groups excluding carboxylic acids is 1. The maximum absolute atomic E-state index is 13.2. The summed E-state index contributed by atoms with van der Waals surface area (Å²) in [6, 6.07) is 12.1. The quantitative estimate of drug-likeness (QED) is 0.317. The molecule has 0 bridgehead atoms. The number of fused-ring (bicyclic) bond motifs is 1. The lowest BCUT2D eigenvalue weighted by Crippen LogP contribution is -2.39. The molecule has 0 aliphatic heterocycles. The van der Waals surface area contributed by atoms with E-state index in [-0.39, 0.29) is 29.9 Å². The Hall–Kier alpha value is -1.87. The normalized spacial score (nSPS) is 10.9. The number of para-hydroxylation sites is 1. The minimum atomic E-state index is -0.281. The molecule has 0 atom stereocenters. The van der Waals surface area contributed by atoms with Crippen molar-refractivity contribution in [2.24, 2.45) is 0 Å². The number of rotatable bonds is 11. The Morgan fingerprint density at radius 1 is 1.09 bits per heavy atom. The third-order valence-electron chi connectivity index (χ3n) is 4.91. The number of carbonyl (C=O) groups is 1. The van der Waals surface area contributed by atoms with E-state index in [4.69, 9.17) is 9.72 Å². The van der Waals surface area contributed by atoms with Crippen LogP contribution in [0.15, 0.2) is 47.4 Å². The zero-order valence-corrected chi connectivity index (χ0v) is 21.0. The van der Waals surface area contributed by atoms with Gasteiger partial charge in [-0.2, -0.15) is 0 Å². The lowest BCUT2D eigenvalue weighted by atomic mass is 10.3. The van der Waals surface area contributed by atoms with Crippen molar-refractivity contribution >= 4 is 56.8 Å². The standard InChI is InChI=1S/C23H28FN3O2S2.ClH/c1-4-26(5-2)14-15-27(21(28)16-30-18-12-10-17(24)11-13-18)23-25-22-19(29-6-3)8-7-9-20(22)31-23;/h7-13H,4-6,14-16H2,1-3H3;1H. The molecule has 0 aliphatic carbocycles. The van der Waals surface area contributed by atoms with Crippen LogP contribution in [0.25, 0.3) is 10.2 Å². The fourth-order valence-corrected chi connectivity index (χ4v) is 4.96. The first-order valence-electron chi connectivity index (χ1n) is 10.5. The summed E-state index contributed by atoms with van der Waals surface area (Å²) in [4.78, 5) is 22.9. The van der Waals surface area contributed by atoms with Gasteiger partial charge in [-0.1, -0.05) is 31.3 Å². The van der Waals surface area contributed by atoms with Crippen molar-refractivity contribution in [3.63, 3.8) is 0 Å². The van der Waals surface area contributed by atoms with Gasteiger partial charge >= 0.3 is 0 Å². The molecule has 0 saturated carbocycles. The number of thiazole rings is 1. The van der Waals surface area contributed by atoms with Gasteiger partial charge in [0, 0.05) is 18.0 Å². The molecule has 1 amide bonds. The van der Waals surface area contributed by atoms with Gasteiger partial charge in [-0.15, -0.1) is 24.2 Å². The number of likely N-dealkylation sites (N-methyl/N-ethyl adjacent to an activating group) is 1. The van der Waals surface area contributed by atoms with E-state index in [2.05, 4.69) is 18.7 Å². The number of ether oxygens (including phenoxy) is 1. The molecule has 0 N–H and O–H groups in total. The molecular formula is C23H29ClFN3O2S2. The van der Waals surface area contributed by atoms with Gasteiger partial charge in [-0.3, -0.25) is 9.69 Å². The van der Waals surface area contributed by atoms with E-state index in [0.717, 1.165) is 40.5 Å². The second-order valence-electron chi connectivity index (χ2n) is 6.85. The first kappa shape index (κ1) is 26.4. The Morgan fingerprint density at radius 3 is 2.47 bits per heavy atom. The average Bonchev–Trinajstić information content (AvgIpc) is 3.21. The van der Waals surface area contributed by atoms with Gasteiger partial charge < -0.3 is 9.64 Å². The number of nitrogens with zero attached hydrogens (tertiary/aromatic N) is 3. The summed E-state index contributed by atoms with van der Waals surface area (Å²) in [5.41, 5.74) is 0.788. The second kappa shape index (κ2) is 13.0. The van der Waals surface area contributed by atoms with Crippen LogP contribution >= 0.6 is 35.5 Å². The highest BCUT2D eigenvalue weighted by Gasteiger charge is 2.21. The number of anilines is 1. The minimum absolute atomic E-state index is 0. The molecule has 3 rings (SSSR count). The van der Waals surface area contributed by atoms with Crippen LogP contribution in [0.4, 0.5) is 9.52 Å². The molecule has 5 nitrogen and oxygen atoms in total. The van der Waals surface area contributed by atoms with Crippen LogP contribution < -0.4 is 9.64 Å². The van der Waals surface area contributed by atoms with E-state index in [9.17, 15) is 9.18 Å². The molecular weight excluding hydrogens is 469 g/mol. The molecule has 0 radical (unpaired) electrons. The van der Waals surface area contributed by atoms with Crippen LogP contribution in [-0.2, 0) is 4.79 Å². The molecule has 2 aromatic carbocycles. The summed E-state index contributed by atoms with van der Waals surface area (Å²) < 4.78 is 19.9.